The second-order valence-corrected chi connectivity index (χ2v) is 4.53. The Morgan fingerprint density at radius 1 is 1.32 bits per heavy atom. The Kier molecular flexibility index (Phi) is 3.85. The summed E-state index contributed by atoms with van der Waals surface area (Å²) in [4.78, 5) is 11.9. The largest absolute Gasteiger partial charge is 0.331 e. The van der Waals surface area contributed by atoms with E-state index in [2.05, 4.69) is 15.7 Å². The van der Waals surface area contributed by atoms with Crippen molar-refractivity contribution in [1.82, 2.24) is 15.1 Å². The van der Waals surface area contributed by atoms with Gasteiger partial charge in [-0.25, -0.2) is 4.79 Å². The van der Waals surface area contributed by atoms with Crippen LogP contribution in [0.1, 0.15) is 24.2 Å². The topological polar surface area (TPSA) is 59.0 Å². The Balaban J connectivity index is 1.96. The fourth-order valence-electron chi connectivity index (χ4n) is 1.90. The van der Waals surface area contributed by atoms with Gasteiger partial charge in [-0.15, -0.1) is 0 Å². The van der Waals surface area contributed by atoms with Crippen LogP contribution in [-0.4, -0.2) is 15.8 Å². The number of nitrogens with zero attached hydrogens (tertiary/aromatic N) is 2. The van der Waals surface area contributed by atoms with Crippen LogP contribution in [0.25, 0.3) is 0 Å². The fourth-order valence-corrected chi connectivity index (χ4v) is 1.90. The number of aryl methyl sites for hydroxylation is 2. The van der Waals surface area contributed by atoms with Crippen molar-refractivity contribution in [2.24, 2.45) is 7.05 Å². The maximum atomic E-state index is 11.9. The number of hydrogen-bond donors (Lipinski definition) is 2. The predicted octanol–water partition coefficient (Wildman–Crippen LogP) is 2.61. The van der Waals surface area contributed by atoms with Crippen molar-refractivity contribution < 1.29 is 4.79 Å². The molecule has 0 saturated heterocycles. The van der Waals surface area contributed by atoms with Crippen LogP contribution >= 0.6 is 0 Å². The molecule has 1 heterocycles. The molecule has 1 atom stereocenters. The van der Waals surface area contributed by atoms with Crippen LogP contribution in [0.15, 0.2) is 36.4 Å². The summed E-state index contributed by atoms with van der Waals surface area (Å²) in [5.41, 5.74) is 1.94. The summed E-state index contributed by atoms with van der Waals surface area (Å²) in [7, 11) is 1.79. The van der Waals surface area contributed by atoms with Gasteiger partial charge in [-0.3, -0.25) is 10.00 Å². The van der Waals surface area contributed by atoms with Crippen molar-refractivity contribution in [3.63, 3.8) is 0 Å². The number of aromatic nitrogens is 2. The molecule has 2 N–H and O–H groups in total. The average molecular weight is 258 g/mol. The molecule has 0 aliphatic heterocycles. The van der Waals surface area contributed by atoms with Crippen LogP contribution in [0.2, 0.25) is 0 Å². The quantitative estimate of drug-likeness (QED) is 0.889. The van der Waals surface area contributed by atoms with E-state index in [1.807, 2.05) is 50.2 Å². The molecule has 19 heavy (non-hydrogen) atoms. The molecule has 0 aliphatic rings. The molecular formula is C14H18N4O. The van der Waals surface area contributed by atoms with Gasteiger partial charge in [0.1, 0.15) is 5.82 Å². The number of carbonyl (C=O) groups excluding carboxylic acids is 1. The molecule has 0 spiro atoms. The second kappa shape index (κ2) is 5.56. The molecule has 0 radical (unpaired) electrons. The van der Waals surface area contributed by atoms with Crippen LogP contribution in [0.5, 0.6) is 0 Å². The number of benzene rings is 1. The molecule has 5 heteroatoms. The van der Waals surface area contributed by atoms with Gasteiger partial charge in [0.05, 0.1) is 11.7 Å². The lowest BCUT2D eigenvalue weighted by molar-refractivity contribution is 0.249. The van der Waals surface area contributed by atoms with Crippen molar-refractivity contribution in [2.75, 3.05) is 5.32 Å². The van der Waals surface area contributed by atoms with Crippen molar-refractivity contribution in [3.05, 3.63) is 47.7 Å². The molecule has 0 aliphatic carbocycles. The zero-order valence-corrected chi connectivity index (χ0v) is 11.3. The van der Waals surface area contributed by atoms with Gasteiger partial charge in [0, 0.05) is 13.1 Å². The van der Waals surface area contributed by atoms with E-state index in [4.69, 9.17) is 0 Å². The van der Waals surface area contributed by atoms with E-state index in [1.54, 1.807) is 11.7 Å². The molecule has 0 fully saturated rings. The fraction of sp³-hybridized carbons (Fsp3) is 0.286. The third-order valence-electron chi connectivity index (χ3n) is 2.89. The van der Waals surface area contributed by atoms with E-state index < -0.39 is 0 Å². The number of amides is 2. The van der Waals surface area contributed by atoms with Crippen LogP contribution in [0.3, 0.4) is 0 Å². The summed E-state index contributed by atoms with van der Waals surface area (Å²) < 4.78 is 1.64. The molecular weight excluding hydrogens is 240 g/mol. The Labute approximate surface area is 112 Å². The lowest BCUT2D eigenvalue weighted by atomic mass is 10.1. The number of rotatable bonds is 3. The first-order chi connectivity index (χ1) is 9.06. The zero-order valence-electron chi connectivity index (χ0n) is 11.3. The van der Waals surface area contributed by atoms with E-state index >= 15 is 0 Å². The van der Waals surface area contributed by atoms with E-state index in [-0.39, 0.29) is 12.1 Å². The van der Waals surface area contributed by atoms with Crippen LogP contribution in [0, 0.1) is 6.92 Å². The molecule has 100 valence electrons. The van der Waals surface area contributed by atoms with Gasteiger partial charge in [0.15, 0.2) is 0 Å². The third kappa shape index (κ3) is 3.34. The molecule has 2 rings (SSSR count). The van der Waals surface area contributed by atoms with Crippen LogP contribution in [0.4, 0.5) is 10.6 Å². The summed E-state index contributed by atoms with van der Waals surface area (Å²) in [6, 6.07) is 11.4. The van der Waals surface area contributed by atoms with Gasteiger partial charge in [0.25, 0.3) is 0 Å². The molecule has 5 nitrogen and oxygen atoms in total. The SMILES string of the molecule is Cc1cc(NC(=O)N[C@@H](C)c2ccccc2)n(C)n1. The van der Waals surface area contributed by atoms with E-state index in [0.29, 0.717) is 5.82 Å². The molecule has 0 saturated carbocycles. The van der Waals surface area contributed by atoms with Gasteiger partial charge in [0.2, 0.25) is 0 Å². The van der Waals surface area contributed by atoms with Crippen molar-refractivity contribution in [2.45, 2.75) is 19.9 Å². The highest BCUT2D eigenvalue weighted by Gasteiger charge is 2.11. The molecule has 2 aromatic rings. The number of anilines is 1. The standard InChI is InChI=1S/C14H18N4O/c1-10-9-13(18(3)17-10)16-14(19)15-11(2)12-7-5-4-6-8-12/h4-9,11H,1-3H3,(H2,15,16,19)/t11-/m0/s1. The monoisotopic (exact) mass is 258 g/mol. The van der Waals surface area contributed by atoms with E-state index in [1.165, 1.54) is 0 Å². The summed E-state index contributed by atoms with van der Waals surface area (Å²) in [6.07, 6.45) is 0. The number of carbonyl (C=O) groups is 1. The Hall–Kier alpha value is -2.30. The first kappa shape index (κ1) is 13.1. The van der Waals surface area contributed by atoms with Crippen LogP contribution in [-0.2, 0) is 7.05 Å². The summed E-state index contributed by atoms with van der Waals surface area (Å²) in [5.74, 6) is 0.676. The third-order valence-corrected chi connectivity index (χ3v) is 2.89. The smallest absolute Gasteiger partial charge is 0.320 e. The molecule has 0 bridgehead atoms. The van der Waals surface area contributed by atoms with Gasteiger partial charge in [-0.1, -0.05) is 30.3 Å². The summed E-state index contributed by atoms with van der Waals surface area (Å²) >= 11 is 0. The van der Waals surface area contributed by atoms with Crippen molar-refractivity contribution >= 4 is 11.8 Å². The second-order valence-electron chi connectivity index (χ2n) is 4.53. The Morgan fingerprint density at radius 2 is 2.00 bits per heavy atom. The Morgan fingerprint density at radius 3 is 2.58 bits per heavy atom. The number of nitrogens with one attached hydrogen (secondary N) is 2. The van der Waals surface area contributed by atoms with Gasteiger partial charge in [-0.2, -0.15) is 5.10 Å². The first-order valence-corrected chi connectivity index (χ1v) is 6.19. The normalized spacial score (nSPS) is 11.9. The van der Waals surface area contributed by atoms with E-state index in [0.717, 1.165) is 11.3 Å². The minimum atomic E-state index is -0.237. The minimum Gasteiger partial charge on any atom is -0.331 e. The van der Waals surface area contributed by atoms with Gasteiger partial charge < -0.3 is 5.32 Å². The van der Waals surface area contributed by atoms with Crippen molar-refractivity contribution in [1.29, 1.82) is 0 Å². The average Bonchev–Trinajstić information content (AvgIpc) is 2.68. The van der Waals surface area contributed by atoms with Gasteiger partial charge in [-0.05, 0) is 19.4 Å². The highest BCUT2D eigenvalue weighted by Crippen LogP contribution is 2.12. The highest BCUT2D eigenvalue weighted by molar-refractivity contribution is 5.88. The highest BCUT2D eigenvalue weighted by atomic mass is 16.2. The summed E-state index contributed by atoms with van der Waals surface area (Å²) in [6.45, 7) is 3.83. The lowest BCUT2D eigenvalue weighted by Crippen LogP contribution is -2.31. The number of urea groups is 1. The lowest BCUT2D eigenvalue weighted by Gasteiger charge is -2.14. The maximum absolute atomic E-state index is 11.9. The molecule has 0 unspecified atom stereocenters. The Bertz CT molecular complexity index is 562. The van der Waals surface area contributed by atoms with Crippen LogP contribution < -0.4 is 10.6 Å². The van der Waals surface area contributed by atoms with Crippen molar-refractivity contribution in [3.8, 4) is 0 Å². The van der Waals surface area contributed by atoms with Gasteiger partial charge >= 0.3 is 6.03 Å². The maximum Gasteiger partial charge on any atom is 0.320 e. The minimum absolute atomic E-state index is 0.0458. The van der Waals surface area contributed by atoms with E-state index in [9.17, 15) is 4.79 Å². The predicted molar refractivity (Wildman–Crippen MR) is 75.0 cm³/mol. The number of hydrogen-bond acceptors (Lipinski definition) is 2. The first-order valence-electron chi connectivity index (χ1n) is 6.19. The molecule has 2 amide bonds. The zero-order chi connectivity index (χ0) is 13.8. The summed E-state index contributed by atoms with van der Waals surface area (Å²) in [5, 5.41) is 9.85. The molecule has 1 aromatic carbocycles. The molecule has 1 aromatic heterocycles.